The Labute approximate surface area is 113 Å². The lowest BCUT2D eigenvalue weighted by molar-refractivity contribution is 0.191. The van der Waals surface area contributed by atoms with Crippen LogP contribution in [0.4, 0.5) is 0 Å². The summed E-state index contributed by atoms with van der Waals surface area (Å²) >= 11 is 1.72. The van der Waals surface area contributed by atoms with Gasteiger partial charge in [-0.05, 0) is 29.3 Å². The zero-order chi connectivity index (χ0) is 10.2. The van der Waals surface area contributed by atoms with E-state index >= 15 is 0 Å². The van der Waals surface area contributed by atoms with Gasteiger partial charge in [0, 0.05) is 26.2 Å². The molecule has 1 aromatic heterocycles. The molecule has 96 valence electrons. The first-order valence-electron chi connectivity index (χ1n) is 4.89. The van der Waals surface area contributed by atoms with Gasteiger partial charge >= 0.3 is 0 Å². The van der Waals surface area contributed by atoms with Gasteiger partial charge in [0.1, 0.15) is 0 Å². The SMILES string of the molecule is CC(O)CNCCNCc1ccsc1.Cl.Cl. The van der Waals surface area contributed by atoms with E-state index < -0.39 is 0 Å². The van der Waals surface area contributed by atoms with Crippen LogP contribution in [-0.4, -0.2) is 30.8 Å². The molecule has 0 aliphatic carbocycles. The van der Waals surface area contributed by atoms with Gasteiger partial charge in [-0.15, -0.1) is 24.8 Å². The van der Waals surface area contributed by atoms with Crippen molar-refractivity contribution >= 4 is 36.2 Å². The zero-order valence-electron chi connectivity index (χ0n) is 9.31. The summed E-state index contributed by atoms with van der Waals surface area (Å²) in [5, 5.41) is 19.7. The van der Waals surface area contributed by atoms with Crippen molar-refractivity contribution in [3.63, 3.8) is 0 Å². The lowest BCUT2D eigenvalue weighted by Gasteiger charge is -2.07. The minimum atomic E-state index is -0.258. The van der Waals surface area contributed by atoms with E-state index in [9.17, 15) is 0 Å². The van der Waals surface area contributed by atoms with Gasteiger partial charge in [-0.3, -0.25) is 0 Å². The van der Waals surface area contributed by atoms with Gasteiger partial charge < -0.3 is 15.7 Å². The highest BCUT2D eigenvalue weighted by molar-refractivity contribution is 7.07. The highest BCUT2D eigenvalue weighted by Gasteiger charge is 1.94. The number of nitrogens with one attached hydrogen (secondary N) is 2. The molecule has 1 unspecified atom stereocenters. The Morgan fingerprint density at radius 2 is 2.00 bits per heavy atom. The van der Waals surface area contributed by atoms with Crippen LogP contribution in [0, 0.1) is 0 Å². The second-order valence-corrected chi connectivity index (χ2v) is 4.14. The van der Waals surface area contributed by atoms with Crippen LogP contribution < -0.4 is 10.6 Å². The van der Waals surface area contributed by atoms with Crippen LogP contribution in [0.5, 0.6) is 0 Å². The van der Waals surface area contributed by atoms with Crippen LogP contribution in [0.15, 0.2) is 16.8 Å². The van der Waals surface area contributed by atoms with Crippen molar-refractivity contribution in [1.82, 2.24) is 10.6 Å². The van der Waals surface area contributed by atoms with Gasteiger partial charge in [-0.1, -0.05) is 0 Å². The van der Waals surface area contributed by atoms with E-state index in [1.807, 2.05) is 0 Å². The van der Waals surface area contributed by atoms with Crippen molar-refractivity contribution in [3.05, 3.63) is 22.4 Å². The Kier molecular flexibility index (Phi) is 13.5. The van der Waals surface area contributed by atoms with Crippen molar-refractivity contribution in [1.29, 1.82) is 0 Å². The summed E-state index contributed by atoms with van der Waals surface area (Å²) in [6, 6.07) is 2.13. The second-order valence-electron chi connectivity index (χ2n) is 3.36. The molecule has 3 N–H and O–H groups in total. The first-order valence-corrected chi connectivity index (χ1v) is 5.84. The van der Waals surface area contributed by atoms with Crippen molar-refractivity contribution in [2.75, 3.05) is 19.6 Å². The van der Waals surface area contributed by atoms with E-state index in [1.54, 1.807) is 18.3 Å². The molecule has 0 radical (unpaired) electrons. The largest absolute Gasteiger partial charge is 0.392 e. The molecule has 0 aromatic carbocycles. The molecule has 0 aliphatic rings. The number of thiophene rings is 1. The molecular formula is C10H20Cl2N2OS. The summed E-state index contributed by atoms with van der Waals surface area (Å²) in [5.74, 6) is 0. The highest BCUT2D eigenvalue weighted by Crippen LogP contribution is 2.04. The molecule has 3 nitrogen and oxygen atoms in total. The molecule has 0 fully saturated rings. The zero-order valence-corrected chi connectivity index (χ0v) is 11.8. The number of aliphatic hydroxyl groups excluding tert-OH is 1. The Morgan fingerprint density at radius 3 is 2.56 bits per heavy atom. The summed E-state index contributed by atoms with van der Waals surface area (Å²) in [5.41, 5.74) is 1.34. The lowest BCUT2D eigenvalue weighted by Crippen LogP contribution is -2.31. The summed E-state index contributed by atoms with van der Waals surface area (Å²) in [4.78, 5) is 0. The predicted molar refractivity (Wildman–Crippen MR) is 75.1 cm³/mol. The topological polar surface area (TPSA) is 44.3 Å². The quantitative estimate of drug-likeness (QED) is 0.668. The summed E-state index contributed by atoms with van der Waals surface area (Å²) in [7, 11) is 0. The maximum atomic E-state index is 8.98. The predicted octanol–water partition coefficient (Wildman–Crippen LogP) is 1.65. The second kappa shape index (κ2) is 11.6. The van der Waals surface area contributed by atoms with Gasteiger partial charge in [-0.2, -0.15) is 11.3 Å². The Balaban J connectivity index is 0. The van der Waals surface area contributed by atoms with Gasteiger partial charge in [0.25, 0.3) is 0 Å². The minimum absolute atomic E-state index is 0. The molecule has 1 rings (SSSR count). The first-order chi connectivity index (χ1) is 6.79. The van der Waals surface area contributed by atoms with E-state index in [-0.39, 0.29) is 30.9 Å². The third-order valence-corrected chi connectivity index (χ3v) is 2.56. The molecule has 0 saturated carbocycles. The van der Waals surface area contributed by atoms with Crippen LogP contribution in [0.1, 0.15) is 12.5 Å². The molecule has 0 aliphatic heterocycles. The van der Waals surface area contributed by atoms with Gasteiger partial charge in [-0.25, -0.2) is 0 Å². The van der Waals surface area contributed by atoms with Crippen molar-refractivity contribution < 1.29 is 5.11 Å². The number of aliphatic hydroxyl groups is 1. The summed E-state index contributed by atoms with van der Waals surface area (Å²) < 4.78 is 0. The fourth-order valence-electron chi connectivity index (χ4n) is 1.11. The molecule has 0 saturated heterocycles. The van der Waals surface area contributed by atoms with Gasteiger partial charge in [0.2, 0.25) is 0 Å². The van der Waals surface area contributed by atoms with E-state index in [0.717, 1.165) is 19.6 Å². The smallest absolute Gasteiger partial charge is 0.0636 e. The minimum Gasteiger partial charge on any atom is -0.392 e. The number of hydrogen-bond donors (Lipinski definition) is 3. The average molecular weight is 287 g/mol. The van der Waals surface area contributed by atoms with E-state index in [0.29, 0.717) is 6.54 Å². The number of halogens is 2. The van der Waals surface area contributed by atoms with Crippen LogP contribution >= 0.6 is 36.2 Å². The summed E-state index contributed by atoms with van der Waals surface area (Å²) in [6.07, 6.45) is -0.258. The fourth-order valence-corrected chi connectivity index (χ4v) is 1.78. The summed E-state index contributed by atoms with van der Waals surface area (Å²) in [6.45, 7) is 5.21. The number of rotatable bonds is 7. The fraction of sp³-hybridized carbons (Fsp3) is 0.600. The lowest BCUT2D eigenvalue weighted by atomic mass is 10.3. The standard InChI is InChI=1S/C10H18N2OS.2ClH/c1-9(13)6-11-3-4-12-7-10-2-5-14-8-10;;/h2,5,8-9,11-13H,3-4,6-7H2,1H3;2*1H. The third kappa shape index (κ3) is 9.39. The van der Waals surface area contributed by atoms with Gasteiger partial charge in [0.05, 0.1) is 6.10 Å². The molecule has 1 atom stereocenters. The van der Waals surface area contributed by atoms with Crippen LogP contribution in [-0.2, 0) is 6.54 Å². The van der Waals surface area contributed by atoms with Crippen molar-refractivity contribution in [2.24, 2.45) is 0 Å². The van der Waals surface area contributed by atoms with Crippen LogP contribution in [0.3, 0.4) is 0 Å². The van der Waals surface area contributed by atoms with Crippen LogP contribution in [0.25, 0.3) is 0 Å². The molecule has 1 aromatic rings. The third-order valence-electron chi connectivity index (χ3n) is 1.83. The Morgan fingerprint density at radius 1 is 1.31 bits per heavy atom. The monoisotopic (exact) mass is 286 g/mol. The van der Waals surface area contributed by atoms with E-state index in [1.165, 1.54) is 5.56 Å². The average Bonchev–Trinajstić information content (AvgIpc) is 2.63. The van der Waals surface area contributed by atoms with E-state index in [2.05, 4.69) is 27.5 Å². The molecule has 0 bridgehead atoms. The van der Waals surface area contributed by atoms with Crippen LogP contribution in [0.2, 0.25) is 0 Å². The molecule has 0 amide bonds. The molecule has 6 heteroatoms. The Bertz CT molecular complexity index is 233. The van der Waals surface area contributed by atoms with E-state index in [4.69, 9.17) is 5.11 Å². The molecule has 16 heavy (non-hydrogen) atoms. The Hall–Kier alpha value is 0.160. The first kappa shape index (κ1) is 18.5. The number of hydrogen-bond acceptors (Lipinski definition) is 4. The van der Waals surface area contributed by atoms with Gasteiger partial charge in [0.15, 0.2) is 0 Å². The van der Waals surface area contributed by atoms with Crippen molar-refractivity contribution in [3.8, 4) is 0 Å². The van der Waals surface area contributed by atoms with Crippen molar-refractivity contribution in [2.45, 2.75) is 19.6 Å². The normalized spacial score (nSPS) is 11.4. The maximum Gasteiger partial charge on any atom is 0.0636 e. The molecule has 1 heterocycles. The molecule has 0 spiro atoms. The highest BCUT2D eigenvalue weighted by atomic mass is 35.5. The maximum absolute atomic E-state index is 8.98. The molecular weight excluding hydrogens is 267 g/mol.